The van der Waals surface area contributed by atoms with E-state index in [1.807, 2.05) is 66.8 Å². The third-order valence-corrected chi connectivity index (χ3v) is 5.34. The van der Waals surface area contributed by atoms with Crippen LogP contribution in [0.3, 0.4) is 0 Å². The van der Waals surface area contributed by atoms with Gasteiger partial charge in [-0.1, -0.05) is 18.2 Å². The predicted octanol–water partition coefficient (Wildman–Crippen LogP) is 5.87. The van der Waals surface area contributed by atoms with Gasteiger partial charge in [0.2, 0.25) is 0 Å². The van der Waals surface area contributed by atoms with Crippen LogP contribution in [0.4, 0.5) is 0 Å². The van der Waals surface area contributed by atoms with Crippen molar-refractivity contribution in [3.63, 3.8) is 0 Å². The number of esters is 1. The van der Waals surface area contributed by atoms with Crippen molar-refractivity contribution >= 4 is 52.3 Å². The van der Waals surface area contributed by atoms with E-state index >= 15 is 0 Å². The van der Waals surface area contributed by atoms with Crippen molar-refractivity contribution in [2.24, 2.45) is 0 Å². The molecular weight excluding hydrogens is 412 g/mol. The molecule has 0 unspecified atom stereocenters. The SMILES string of the molecule is O=C(Oc1cc2cc3nc(cc4ccc(cc5nc(cc1[nH]2)C=C5)[nH]4)C=C3)c1ccccc1. The van der Waals surface area contributed by atoms with Crippen LogP contribution in [0.25, 0.3) is 46.4 Å². The van der Waals surface area contributed by atoms with Gasteiger partial charge < -0.3 is 14.7 Å². The van der Waals surface area contributed by atoms with Gasteiger partial charge in [0.05, 0.1) is 33.9 Å². The van der Waals surface area contributed by atoms with Gasteiger partial charge in [0.15, 0.2) is 5.75 Å². The molecule has 0 saturated heterocycles. The lowest BCUT2D eigenvalue weighted by atomic mass is 10.2. The zero-order valence-electron chi connectivity index (χ0n) is 17.4. The summed E-state index contributed by atoms with van der Waals surface area (Å²) in [6.45, 7) is 0. The van der Waals surface area contributed by atoms with Crippen molar-refractivity contribution in [2.45, 2.75) is 0 Å². The van der Waals surface area contributed by atoms with Crippen molar-refractivity contribution in [2.75, 3.05) is 0 Å². The highest BCUT2D eigenvalue weighted by Gasteiger charge is 2.12. The van der Waals surface area contributed by atoms with Crippen LogP contribution in [0.15, 0.2) is 72.8 Å². The molecule has 0 saturated carbocycles. The molecule has 6 nitrogen and oxygen atoms in total. The summed E-state index contributed by atoms with van der Waals surface area (Å²) in [6.07, 6.45) is 7.79. The molecule has 0 atom stereocenters. The summed E-state index contributed by atoms with van der Waals surface area (Å²) in [6, 6.07) is 22.5. The highest BCUT2D eigenvalue weighted by molar-refractivity contribution is 5.92. The number of aromatic amines is 2. The number of nitrogens with one attached hydrogen (secondary N) is 2. The fraction of sp³-hybridized carbons (Fsp3) is 0. The molecule has 33 heavy (non-hydrogen) atoms. The molecule has 0 aliphatic carbocycles. The van der Waals surface area contributed by atoms with Crippen LogP contribution in [0.1, 0.15) is 33.1 Å². The molecule has 0 fully saturated rings. The van der Waals surface area contributed by atoms with Gasteiger partial charge >= 0.3 is 5.97 Å². The first kappa shape index (κ1) is 19.0. The minimum absolute atomic E-state index is 0.420. The lowest BCUT2D eigenvalue weighted by Gasteiger charge is -2.02. The van der Waals surface area contributed by atoms with Crippen LogP contribution >= 0.6 is 0 Å². The molecule has 158 valence electrons. The highest BCUT2D eigenvalue weighted by Crippen LogP contribution is 2.25. The van der Waals surface area contributed by atoms with E-state index in [4.69, 9.17) is 4.74 Å². The van der Waals surface area contributed by atoms with Gasteiger partial charge in [-0.25, -0.2) is 14.8 Å². The number of hydrogen-bond acceptors (Lipinski definition) is 4. The lowest BCUT2D eigenvalue weighted by Crippen LogP contribution is -2.07. The first-order chi connectivity index (χ1) is 16.2. The topological polar surface area (TPSA) is 83.7 Å². The Balaban J connectivity index is 1.55. The Labute approximate surface area is 189 Å². The molecule has 0 radical (unpaired) electrons. The van der Waals surface area contributed by atoms with Gasteiger partial charge in [-0.15, -0.1) is 0 Å². The maximum atomic E-state index is 12.7. The van der Waals surface area contributed by atoms with Crippen molar-refractivity contribution in [3.05, 3.63) is 101 Å². The quantitative estimate of drug-likeness (QED) is 0.336. The first-order valence-electron chi connectivity index (χ1n) is 10.5. The van der Waals surface area contributed by atoms with Gasteiger partial charge in [0.25, 0.3) is 0 Å². The van der Waals surface area contributed by atoms with Crippen molar-refractivity contribution in [1.82, 2.24) is 19.9 Å². The largest absolute Gasteiger partial charge is 0.421 e. The van der Waals surface area contributed by atoms with E-state index in [0.29, 0.717) is 16.8 Å². The number of carbonyl (C=O) groups excluding carboxylic acids is 1. The third-order valence-electron chi connectivity index (χ3n) is 5.34. The number of benzene rings is 1. The van der Waals surface area contributed by atoms with E-state index in [1.54, 1.807) is 30.3 Å². The molecule has 4 aromatic rings. The summed E-state index contributed by atoms with van der Waals surface area (Å²) in [4.78, 5) is 28.7. The fourth-order valence-corrected chi connectivity index (χ4v) is 3.81. The van der Waals surface area contributed by atoms with Crippen molar-refractivity contribution < 1.29 is 9.53 Å². The summed E-state index contributed by atoms with van der Waals surface area (Å²) in [5.41, 5.74) is 7.07. The van der Waals surface area contributed by atoms with Crippen LogP contribution in [0.5, 0.6) is 5.75 Å². The monoisotopic (exact) mass is 430 g/mol. The molecule has 2 aliphatic rings. The van der Waals surface area contributed by atoms with Gasteiger partial charge in [0.1, 0.15) is 0 Å². The standard InChI is InChI=1S/C27H18N4O2/c32-27(17-4-2-1-3-5-17)33-26-16-24-14-22-9-8-20(29-22)12-18-6-7-19(28-18)13-21-10-11-23(30-21)15-25(26)31-24/h1-16,28,31H. The van der Waals surface area contributed by atoms with Crippen LogP contribution in [-0.2, 0) is 0 Å². The Bertz CT molecular complexity index is 1610. The molecule has 6 rings (SSSR count). The molecule has 2 N–H and O–H groups in total. The Kier molecular flexibility index (Phi) is 4.47. The number of nitrogens with zero attached hydrogens (tertiary/aromatic N) is 2. The number of carbonyl (C=O) groups is 1. The number of ether oxygens (including phenoxy) is 1. The fourth-order valence-electron chi connectivity index (χ4n) is 3.81. The normalized spacial score (nSPS) is 12.1. The van der Waals surface area contributed by atoms with E-state index in [-0.39, 0.29) is 0 Å². The minimum Gasteiger partial charge on any atom is -0.421 e. The summed E-state index contributed by atoms with van der Waals surface area (Å²) < 4.78 is 5.74. The summed E-state index contributed by atoms with van der Waals surface area (Å²) in [5.74, 6) is 0.0108. The summed E-state index contributed by atoms with van der Waals surface area (Å²) in [7, 11) is 0. The van der Waals surface area contributed by atoms with Gasteiger partial charge in [0, 0.05) is 22.6 Å². The molecular formula is C27H18N4O2. The molecule has 2 aliphatic heterocycles. The van der Waals surface area contributed by atoms with E-state index in [9.17, 15) is 4.79 Å². The second-order valence-electron chi connectivity index (χ2n) is 7.79. The molecule has 8 bridgehead atoms. The van der Waals surface area contributed by atoms with Crippen LogP contribution in [0.2, 0.25) is 0 Å². The second kappa shape index (κ2) is 7.76. The number of aromatic nitrogens is 4. The van der Waals surface area contributed by atoms with E-state index in [1.165, 1.54) is 0 Å². The smallest absolute Gasteiger partial charge is 0.343 e. The third kappa shape index (κ3) is 3.97. The number of rotatable bonds is 2. The molecule has 1 aromatic carbocycles. The number of hydrogen-bond donors (Lipinski definition) is 2. The maximum Gasteiger partial charge on any atom is 0.343 e. The zero-order chi connectivity index (χ0) is 22.2. The number of H-pyrrole nitrogens is 2. The van der Waals surface area contributed by atoms with E-state index in [2.05, 4.69) is 19.9 Å². The first-order valence-corrected chi connectivity index (χ1v) is 10.5. The minimum atomic E-state index is -0.420. The van der Waals surface area contributed by atoms with Crippen molar-refractivity contribution in [3.8, 4) is 5.75 Å². The zero-order valence-corrected chi connectivity index (χ0v) is 17.4. The molecule has 0 amide bonds. The number of fused-ring (bicyclic) bond motifs is 8. The highest BCUT2D eigenvalue weighted by atomic mass is 16.5. The van der Waals surface area contributed by atoms with Gasteiger partial charge in [-0.2, -0.15) is 0 Å². The lowest BCUT2D eigenvalue weighted by molar-refractivity contribution is 0.0737. The Morgan fingerprint density at radius 1 is 0.636 bits per heavy atom. The summed E-state index contributed by atoms with van der Waals surface area (Å²) in [5, 5.41) is 0. The van der Waals surface area contributed by atoms with Crippen molar-refractivity contribution in [1.29, 1.82) is 0 Å². The Morgan fingerprint density at radius 2 is 1.21 bits per heavy atom. The van der Waals surface area contributed by atoms with E-state index < -0.39 is 5.97 Å². The average Bonchev–Trinajstić information content (AvgIpc) is 3.60. The molecule has 5 heterocycles. The molecule has 3 aromatic heterocycles. The molecule has 6 heteroatoms. The van der Waals surface area contributed by atoms with Gasteiger partial charge in [-0.3, -0.25) is 0 Å². The summed E-state index contributed by atoms with van der Waals surface area (Å²) >= 11 is 0. The van der Waals surface area contributed by atoms with Gasteiger partial charge in [-0.05, 0) is 72.8 Å². The maximum absolute atomic E-state index is 12.7. The average molecular weight is 430 g/mol. The Morgan fingerprint density at radius 3 is 1.85 bits per heavy atom. The molecule has 0 spiro atoms. The Hall–Kier alpha value is -4.71. The predicted molar refractivity (Wildman–Crippen MR) is 130 cm³/mol. The second-order valence-corrected chi connectivity index (χ2v) is 7.79. The van der Waals surface area contributed by atoms with Crippen LogP contribution in [-0.4, -0.2) is 25.9 Å². The van der Waals surface area contributed by atoms with Crippen LogP contribution < -0.4 is 4.74 Å². The van der Waals surface area contributed by atoms with E-state index in [0.717, 1.165) is 39.3 Å². The van der Waals surface area contributed by atoms with Crippen LogP contribution in [0, 0.1) is 0 Å².